The van der Waals surface area contributed by atoms with Gasteiger partial charge < -0.3 is 49.1 Å². The number of nitrogens with one attached hydrogen (secondary N) is 3. The predicted octanol–water partition coefficient (Wildman–Crippen LogP) is -4.89. The minimum Gasteiger partial charge on any atom is -0.480 e. The summed E-state index contributed by atoms with van der Waals surface area (Å²) in [6, 6.07) is -5.62. The number of aliphatic hydroxyl groups is 1. The van der Waals surface area contributed by atoms with Gasteiger partial charge in [0.15, 0.2) is 0 Å². The maximum Gasteiger partial charge on any atom is 0.326 e. The van der Waals surface area contributed by atoms with Crippen molar-refractivity contribution in [2.75, 3.05) is 13.2 Å². The Labute approximate surface area is 190 Å². The van der Waals surface area contributed by atoms with Crippen molar-refractivity contribution in [1.29, 1.82) is 0 Å². The molecule has 0 fully saturated rings. The third-order valence-corrected chi connectivity index (χ3v) is 4.45. The zero-order valence-electron chi connectivity index (χ0n) is 18.1. The van der Waals surface area contributed by atoms with Crippen molar-refractivity contribution < 1.29 is 39.0 Å². The van der Waals surface area contributed by atoms with E-state index in [1.54, 1.807) is 0 Å². The highest BCUT2D eigenvalue weighted by atomic mass is 16.4. The summed E-state index contributed by atoms with van der Waals surface area (Å²) in [4.78, 5) is 70.5. The average Bonchev–Trinajstić information content (AvgIpc) is 2.73. The Kier molecular flexibility index (Phi) is 13.9. The highest BCUT2D eigenvalue weighted by molar-refractivity contribution is 5.96. The largest absolute Gasteiger partial charge is 0.480 e. The van der Waals surface area contributed by atoms with Crippen molar-refractivity contribution in [3.05, 3.63) is 0 Å². The van der Waals surface area contributed by atoms with Gasteiger partial charge in [0.2, 0.25) is 29.5 Å². The van der Waals surface area contributed by atoms with Gasteiger partial charge in [-0.25, -0.2) is 4.79 Å². The fourth-order valence-corrected chi connectivity index (χ4v) is 2.61. The lowest BCUT2D eigenvalue weighted by atomic mass is 10.1. The molecule has 0 bridgehead atoms. The smallest absolute Gasteiger partial charge is 0.326 e. The third kappa shape index (κ3) is 12.4. The van der Waals surface area contributed by atoms with E-state index in [0.717, 1.165) is 0 Å². The summed E-state index contributed by atoms with van der Waals surface area (Å²) in [5, 5.41) is 25.2. The Bertz CT molecular complexity index is 718. The van der Waals surface area contributed by atoms with Crippen LogP contribution in [0.15, 0.2) is 0 Å². The molecule has 0 aliphatic heterocycles. The molecule has 0 aliphatic carbocycles. The van der Waals surface area contributed by atoms with E-state index in [1.807, 2.05) is 0 Å². The van der Waals surface area contributed by atoms with Crippen molar-refractivity contribution in [2.24, 2.45) is 22.9 Å². The lowest BCUT2D eigenvalue weighted by molar-refractivity contribution is -0.143. The van der Waals surface area contributed by atoms with E-state index in [0.29, 0.717) is 19.4 Å². The van der Waals surface area contributed by atoms with Crippen LogP contribution in [0.25, 0.3) is 0 Å². The number of carboxylic acid groups (broad SMARTS) is 1. The number of unbranched alkanes of at least 4 members (excludes halogenated alkanes) is 1. The van der Waals surface area contributed by atoms with Crippen molar-refractivity contribution in [3.8, 4) is 0 Å². The van der Waals surface area contributed by atoms with Gasteiger partial charge in [-0.2, -0.15) is 0 Å². The summed E-state index contributed by atoms with van der Waals surface area (Å²) in [6.45, 7) is -0.559. The van der Waals surface area contributed by atoms with Crippen LogP contribution >= 0.6 is 0 Å². The average molecular weight is 476 g/mol. The van der Waals surface area contributed by atoms with Crippen molar-refractivity contribution >= 4 is 35.5 Å². The Morgan fingerprint density at radius 1 is 0.758 bits per heavy atom. The van der Waals surface area contributed by atoms with E-state index in [9.17, 15) is 39.0 Å². The monoisotopic (exact) mass is 475 g/mol. The molecule has 0 saturated heterocycles. The molecule has 5 amide bonds. The maximum atomic E-state index is 12.5. The van der Waals surface area contributed by atoms with Gasteiger partial charge in [-0.3, -0.25) is 24.0 Å². The molecule has 0 aromatic rings. The van der Waals surface area contributed by atoms with Crippen LogP contribution in [0.5, 0.6) is 0 Å². The van der Waals surface area contributed by atoms with Gasteiger partial charge in [-0.15, -0.1) is 0 Å². The normalized spacial score (nSPS) is 14.3. The topological polar surface area (TPSA) is 283 Å². The number of aliphatic hydroxyl groups excluding tert-OH is 1. The lowest BCUT2D eigenvalue weighted by Gasteiger charge is -2.23. The third-order valence-electron chi connectivity index (χ3n) is 4.45. The Hall–Kier alpha value is -3.30. The number of aliphatic carboxylic acids is 1. The summed E-state index contributed by atoms with van der Waals surface area (Å²) >= 11 is 0. The van der Waals surface area contributed by atoms with Gasteiger partial charge in [-0.05, 0) is 32.2 Å². The molecule has 4 unspecified atom stereocenters. The van der Waals surface area contributed by atoms with Crippen molar-refractivity contribution in [1.82, 2.24) is 16.0 Å². The van der Waals surface area contributed by atoms with E-state index in [-0.39, 0.29) is 19.3 Å². The molecule has 188 valence electrons. The van der Waals surface area contributed by atoms with Gasteiger partial charge in [0.25, 0.3) is 0 Å². The number of rotatable bonds is 17. The summed E-state index contributed by atoms with van der Waals surface area (Å²) < 4.78 is 0. The molecule has 0 aromatic carbocycles. The summed E-state index contributed by atoms with van der Waals surface area (Å²) in [7, 11) is 0. The van der Waals surface area contributed by atoms with Crippen LogP contribution in [-0.2, 0) is 28.8 Å². The van der Waals surface area contributed by atoms with Gasteiger partial charge in [0, 0.05) is 6.42 Å². The number of carbonyl (C=O) groups is 6. The van der Waals surface area contributed by atoms with Gasteiger partial charge >= 0.3 is 5.97 Å². The first-order valence-electron chi connectivity index (χ1n) is 10.2. The molecule has 0 spiro atoms. The van der Waals surface area contributed by atoms with E-state index in [2.05, 4.69) is 16.0 Å². The fraction of sp³-hybridized carbons (Fsp3) is 0.667. The second kappa shape index (κ2) is 15.5. The molecule has 0 aromatic heterocycles. The van der Waals surface area contributed by atoms with Crippen molar-refractivity contribution in [3.63, 3.8) is 0 Å². The first kappa shape index (κ1) is 29.7. The quantitative estimate of drug-likeness (QED) is 0.0903. The summed E-state index contributed by atoms with van der Waals surface area (Å²) in [5.74, 6) is -5.89. The van der Waals surface area contributed by atoms with Crippen molar-refractivity contribution in [2.45, 2.75) is 62.7 Å². The van der Waals surface area contributed by atoms with Crippen LogP contribution in [0.2, 0.25) is 0 Å². The lowest BCUT2D eigenvalue weighted by Crippen LogP contribution is -2.58. The molecule has 33 heavy (non-hydrogen) atoms. The number of hydrogen-bond donors (Lipinski definition) is 9. The van der Waals surface area contributed by atoms with Gasteiger partial charge in [0.05, 0.1) is 19.1 Å². The minimum atomic E-state index is -1.58. The van der Waals surface area contributed by atoms with E-state index in [4.69, 9.17) is 22.9 Å². The molecule has 4 atom stereocenters. The molecule has 0 radical (unpaired) electrons. The molecule has 13 N–H and O–H groups in total. The molecule has 0 rings (SSSR count). The molecular weight excluding hydrogens is 442 g/mol. The highest BCUT2D eigenvalue weighted by Gasteiger charge is 2.30. The van der Waals surface area contributed by atoms with Gasteiger partial charge in [-0.1, -0.05) is 0 Å². The number of primary amides is 2. The second-order valence-electron chi connectivity index (χ2n) is 7.27. The maximum absolute atomic E-state index is 12.5. The SMILES string of the molecule is NCCCCC(NC(=O)C(CO)NC(=O)C(CC(N)=O)NC(=O)C(N)CCC(N)=O)C(=O)O. The minimum absolute atomic E-state index is 0.0773. The molecule has 0 saturated carbocycles. The number of carbonyl (C=O) groups excluding carboxylic acids is 5. The molecule has 15 nitrogen and oxygen atoms in total. The van der Waals surface area contributed by atoms with Crippen LogP contribution in [-0.4, -0.2) is 83.0 Å². The highest BCUT2D eigenvalue weighted by Crippen LogP contribution is 2.03. The zero-order valence-corrected chi connectivity index (χ0v) is 18.1. The summed E-state index contributed by atoms with van der Waals surface area (Å²) in [6.07, 6.45) is 0.0751. The van der Waals surface area contributed by atoms with E-state index >= 15 is 0 Å². The first-order chi connectivity index (χ1) is 15.4. The first-order valence-corrected chi connectivity index (χ1v) is 10.2. The zero-order chi connectivity index (χ0) is 25.6. The number of carboxylic acids is 1. The molecular formula is C18H33N7O8. The Balaban J connectivity index is 5.19. The van der Waals surface area contributed by atoms with Crippen LogP contribution in [0.1, 0.15) is 38.5 Å². The van der Waals surface area contributed by atoms with Crippen LogP contribution < -0.4 is 38.9 Å². The predicted molar refractivity (Wildman–Crippen MR) is 114 cm³/mol. The number of nitrogens with two attached hydrogens (primary N) is 4. The molecule has 0 aliphatic rings. The van der Waals surface area contributed by atoms with Crippen LogP contribution in [0.3, 0.4) is 0 Å². The fourth-order valence-electron chi connectivity index (χ4n) is 2.61. The Morgan fingerprint density at radius 2 is 1.30 bits per heavy atom. The van der Waals surface area contributed by atoms with E-state index < -0.39 is 72.7 Å². The van der Waals surface area contributed by atoms with Crippen LogP contribution in [0, 0.1) is 0 Å². The van der Waals surface area contributed by atoms with E-state index in [1.165, 1.54) is 0 Å². The standard InChI is InChI=1S/C18H33N7O8/c19-6-2-1-3-10(18(32)33)23-17(31)12(8-26)25-16(30)11(7-14(22)28)24-15(29)9(20)4-5-13(21)27/h9-12,26H,1-8,19-20H2,(H2,21,27)(H2,22,28)(H,23,31)(H,24,29)(H,25,30)(H,32,33). The molecule has 0 heterocycles. The Morgan fingerprint density at radius 3 is 1.79 bits per heavy atom. The van der Waals surface area contributed by atoms with Crippen LogP contribution in [0.4, 0.5) is 0 Å². The molecule has 15 heteroatoms. The second-order valence-corrected chi connectivity index (χ2v) is 7.27. The summed E-state index contributed by atoms with van der Waals surface area (Å²) in [5.41, 5.74) is 21.1. The number of amides is 5. The number of hydrogen-bond acceptors (Lipinski definition) is 9. The van der Waals surface area contributed by atoms with Gasteiger partial charge in [0.1, 0.15) is 18.1 Å².